The number of aliphatic hydroxyl groups is 2. The Balaban J connectivity index is 1.59. The van der Waals surface area contributed by atoms with Gasteiger partial charge >= 0.3 is 6.36 Å². The van der Waals surface area contributed by atoms with E-state index in [4.69, 9.17) is 0 Å². The summed E-state index contributed by atoms with van der Waals surface area (Å²) >= 11 is 0. The van der Waals surface area contributed by atoms with Gasteiger partial charge in [-0.2, -0.15) is 0 Å². The minimum atomic E-state index is -4.80. The highest BCUT2D eigenvalue weighted by Gasteiger charge is 2.31. The molecule has 11 heteroatoms. The van der Waals surface area contributed by atoms with Crippen molar-refractivity contribution in [3.05, 3.63) is 66.1 Å². The number of benzene rings is 1. The summed E-state index contributed by atoms with van der Waals surface area (Å²) in [7, 11) is 0. The van der Waals surface area contributed by atoms with Gasteiger partial charge in [0.2, 0.25) is 0 Å². The predicted molar refractivity (Wildman–Crippen MR) is 117 cm³/mol. The molecule has 1 unspecified atom stereocenters. The van der Waals surface area contributed by atoms with Crippen LogP contribution < -0.4 is 15.0 Å². The molecule has 1 atom stereocenters. The fourth-order valence-corrected chi connectivity index (χ4v) is 3.60. The van der Waals surface area contributed by atoms with Crippen LogP contribution in [-0.4, -0.2) is 51.6 Å². The molecule has 3 aromatic rings. The van der Waals surface area contributed by atoms with Gasteiger partial charge in [0.25, 0.3) is 5.91 Å². The van der Waals surface area contributed by atoms with Crippen molar-refractivity contribution in [2.45, 2.75) is 25.5 Å². The van der Waals surface area contributed by atoms with Crippen LogP contribution in [0.1, 0.15) is 22.5 Å². The van der Waals surface area contributed by atoms with Crippen LogP contribution in [0.3, 0.4) is 0 Å². The Bertz CT molecular complexity index is 1150. The molecule has 3 N–H and O–H groups in total. The second-order valence-corrected chi connectivity index (χ2v) is 7.71. The third-order valence-electron chi connectivity index (χ3n) is 5.24. The highest BCUT2D eigenvalue weighted by atomic mass is 19.4. The van der Waals surface area contributed by atoms with Crippen LogP contribution in [0.4, 0.5) is 24.7 Å². The first-order valence-corrected chi connectivity index (χ1v) is 10.4. The lowest BCUT2D eigenvalue weighted by Crippen LogP contribution is -2.23. The molecule has 1 saturated heterocycles. The lowest BCUT2D eigenvalue weighted by atomic mass is 10.0. The standard InChI is InChI=1S/C23H21F3N4O4/c24-23(25,26)34-19-5-3-16(4-6-19)29-22(33)15-9-20(14-1-2-17(13-31)27-10-14)21(28-11-15)30-8-7-18(32)12-30/h1-6,9-11,18,31-32H,7-8,12-13H2,(H,29,33). The molecule has 0 saturated carbocycles. The number of hydrogen-bond acceptors (Lipinski definition) is 7. The molecule has 0 spiro atoms. The number of hydrogen-bond donors (Lipinski definition) is 3. The highest BCUT2D eigenvalue weighted by molar-refractivity contribution is 6.05. The number of halogens is 3. The summed E-state index contributed by atoms with van der Waals surface area (Å²) in [6, 6.07) is 9.85. The zero-order valence-corrected chi connectivity index (χ0v) is 17.8. The Hall–Kier alpha value is -3.70. The van der Waals surface area contributed by atoms with E-state index in [0.29, 0.717) is 42.1 Å². The average Bonchev–Trinajstić information content (AvgIpc) is 3.25. The first kappa shape index (κ1) is 23.5. The lowest BCUT2D eigenvalue weighted by Gasteiger charge is -2.21. The van der Waals surface area contributed by atoms with Crippen LogP contribution in [-0.2, 0) is 6.61 Å². The highest BCUT2D eigenvalue weighted by Crippen LogP contribution is 2.32. The van der Waals surface area contributed by atoms with Crippen LogP contribution in [0.2, 0.25) is 0 Å². The quantitative estimate of drug-likeness (QED) is 0.503. The number of carbonyl (C=O) groups is 1. The van der Waals surface area contributed by atoms with Gasteiger partial charge < -0.3 is 25.2 Å². The number of aromatic nitrogens is 2. The van der Waals surface area contributed by atoms with Crippen LogP contribution in [0.15, 0.2) is 54.9 Å². The van der Waals surface area contributed by atoms with Crippen molar-refractivity contribution in [2.24, 2.45) is 0 Å². The first-order chi connectivity index (χ1) is 16.2. The Morgan fingerprint density at radius 1 is 1.15 bits per heavy atom. The maximum Gasteiger partial charge on any atom is 0.573 e. The summed E-state index contributed by atoms with van der Waals surface area (Å²) in [6.07, 6.45) is -1.71. The number of rotatable bonds is 6. The smallest absolute Gasteiger partial charge is 0.406 e. The zero-order valence-electron chi connectivity index (χ0n) is 17.8. The fourth-order valence-electron chi connectivity index (χ4n) is 3.60. The monoisotopic (exact) mass is 474 g/mol. The van der Waals surface area contributed by atoms with Gasteiger partial charge in [0, 0.05) is 42.3 Å². The minimum Gasteiger partial charge on any atom is -0.406 e. The molecule has 4 rings (SSSR count). The van der Waals surface area contributed by atoms with E-state index in [1.807, 2.05) is 4.90 Å². The number of nitrogens with zero attached hydrogens (tertiary/aromatic N) is 3. The van der Waals surface area contributed by atoms with Crippen molar-refractivity contribution in [1.82, 2.24) is 9.97 Å². The van der Waals surface area contributed by atoms with Gasteiger partial charge in [-0.1, -0.05) is 6.07 Å². The molecule has 1 fully saturated rings. The third kappa shape index (κ3) is 5.61. The SMILES string of the molecule is O=C(Nc1ccc(OC(F)(F)F)cc1)c1cnc(N2CCC(O)C2)c(-c2ccc(CO)nc2)c1. The summed E-state index contributed by atoms with van der Waals surface area (Å²) in [5.41, 5.74) is 2.28. The number of carbonyl (C=O) groups excluding carboxylic acids is 1. The number of β-amino-alcohol motifs (C(OH)–C–C–N with tert-alkyl or cyclic N) is 1. The number of ether oxygens (including phenoxy) is 1. The molecule has 1 aliphatic rings. The van der Waals surface area contributed by atoms with E-state index in [-0.39, 0.29) is 17.9 Å². The number of nitrogens with one attached hydrogen (secondary N) is 1. The molecular formula is C23H21F3N4O4. The Labute approximate surface area is 192 Å². The van der Waals surface area contributed by atoms with Gasteiger partial charge in [-0.05, 0) is 42.8 Å². The number of pyridine rings is 2. The van der Waals surface area contributed by atoms with E-state index >= 15 is 0 Å². The Morgan fingerprint density at radius 3 is 2.50 bits per heavy atom. The number of amides is 1. The molecule has 2 aromatic heterocycles. The van der Waals surface area contributed by atoms with Crippen LogP contribution >= 0.6 is 0 Å². The van der Waals surface area contributed by atoms with Gasteiger partial charge in [0.05, 0.1) is 24.0 Å². The van der Waals surface area contributed by atoms with Crippen molar-refractivity contribution < 1.29 is 32.9 Å². The van der Waals surface area contributed by atoms with Gasteiger partial charge in [-0.25, -0.2) is 4.98 Å². The van der Waals surface area contributed by atoms with Gasteiger partial charge in [0.15, 0.2) is 0 Å². The van der Waals surface area contributed by atoms with Crippen LogP contribution in [0, 0.1) is 0 Å². The molecule has 8 nitrogen and oxygen atoms in total. The second kappa shape index (κ2) is 9.65. The molecule has 1 aromatic carbocycles. The van der Waals surface area contributed by atoms with Crippen LogP contribution in [0.5, 0.6) is 5.75 Å². The molecule has 178 valence electrons. The molecule has 34 heavy (non-hydrogen) atoms. The number of anilines is 2. The van der Waals surface area contributed by atoms with Crippen LogP contribution in [0.25, 0.3) is 11.1 Å². The maximum atomic E-state index is 12.8. The van der Waals surface area contributed by atoms with E-state index < -0.39 is 24.1 Å². The van der Waals surface area contributed by atoms with E-state index in [2.05, 4.69) is 20.0 Å². The molecule has 3 heterocycles. The molecule has 0 bridgehead atoms. The van der Waals surface area contributed by atoms with E-state index in [1.165, 1.54) is 18.3 Å². The normalized spacial score (nSPS) is 15.9. The van der Waals surface area contributed by atoms with Gasteiger partial charge in [-0.15, -0.1) is 13.2 Å². The maximum absolute atomic E-state index is 12.8. The average molecular weight is 474 g/mol. The summed E-state index contributed by atoms with van der Waals surface area (Å²) in [6.45, 7) is 0.792. The van der Waals surface area contributed by atoms with Crippen molar-refractivity contribution in [2.75, 3.05) is 23.3 Å². The summed E-state index contributed by atoms with van der Waals surface area (Å²) in [5.74, 6) is -0.322. The summed E-state index contributed by atoms with van der Waals surface area (Å²) < 4.78 is 40.8. The van der Waals surface area contributed by atoms with Crippen molar-refractivity contribution in [3.8, 4) is 16.9 Å². The number of aliphatic hydroxyl groups excluding tert-OH is 2. The van der Waals surface area contributed by atoms with Crippen molar-refractivity contribution in [3.63, 3.8) is 0 Å². The third-order valence-corrected chi connectivity index (χ3v) is 5.24. The Morgan fingerprint density at radius 2 is 1.91 bits per heavy atom. The fraction of sp³-hybridized carbons (Fsp3) is 0.261. The van der Waals surface area contributed by atoms with Gasteiger partial charge in [-0.3, -0.25) is 9.78 Å². The molecule has 1 amide bonds. The van der Waals surface area contributed by atoms with Gasteiger partial charge in [0.1, 0.15) is 11.6 Å². The molecule has 0 aliphatic carbocycles. The lowest BCUT2D eigenvalue weighted by molar-refractivity contribution is -0.274. The zero-order chi connectivity index (χ0) is 24.3. The predicted octanol–water partition coefficient (Wildman–Crippen LogP) is 3.36. The van der Waals surface area contributed by atoms with Crippen molar-refractivity contribution >= 4 is 17.4 Å². The van der Waals surface area contributed by atoms with E-state index in [9.17, 15) is 28.2 Å². The second-order valence-electron chi connectivity index (χ2n) is 7.71. The Kier molecular flexibility index (Phi) is 6.66. The summed E-state index contributed by atoms with van der Waals surface area (Å²) in [5, 5.41) is 21.8. The largest absolute Gasteiger partial charge is 0.573 e. The first-order valence-electron chi connectivity index (χ1n) is 10.4. The topological polar surface area (TPSA) is 108 Å². The summed E-state index contributed by atoms with van der Waals surface area (Å²) in [4.78, 5) is 23.4. The van der Waals surface area contributed by atoms with E-state index in [0.717, 1.165) is 12.1 Å². The van der Waals surface area contributed by atoms with E-state index in [1.54, 1.807) is 24.4 Å². The minimum absolute atomic E-state index is 0.209. The molecule has 1 aliphatic heterocycles. The molecule has 0 radical (unpaired) electrons. The van der Waals surface area contributed by atoms with Crippen molar-refractivity contribution in [1.29, 1.82) is 0 Å². The molecular weight excluding hydrogens is 453 g/mol. The number of alkyl halides is 3.